The van der Waals surface area contributed by atoms with Crippen molar-refractivity contribution < 1.29 is 13.9 Å². The van der Waals surface area contributed by atoms with Crippen LogP contribution in [-0.2, 0) is 4.79 Å². The number of hydrogen-bond acceptors (Lipinski definition) is 4. The molecule has 1 aliphatic carbocycles. The molecule has 5 rings (SSSR count). The molecule has 1 amide bonds. The predicted molar refractivity (Wildman–Crippen MR) is 131 cm³/mol. The number of aromatic nitrogens is 1. The van der Waals surface area contributed by atoms with Crippen LogP contribution in [0.1, 0.15) is 43.6 Å². The average Bonchev–Trinajstić information content (AvgIpc) is 3.27. The second kappa shape index (κ2) is 9.67. The van der Waals surface area contributed by atoms with E-state index in [-0.39, 0.29) is 12.5 Å². The van der Waals surface area contributed by atoms with Gasteiger partial charge < -0.3 is 14.5 Å². The van der Waals surface area contributed by atoms with Crippen LogP contribution in [0.5, 0.6) is 5.75 Å². The maximum Gasteiger partial charge on any atom is 0.262 e. The summed E-state index contributed by atoms with van der Waals surface area (Å²) in [4.78, 5) is 16.9. The molecule has 0 radical (unpaired) electrons. The number of anilines is 1. The summed E-state index contributed by atoms with van der Waals surface area (Å²) in [5, 5.41) is 3.48. The molecule has 0 unspecified atom stereocenters. The Labute approximate surface area is 197 Å². The molecule has 0 aliphatic heterocycles. The zero-order valence-corrected chi connectivity index (χ0v) is 19.0. The Hall–Kier alpha value is -3.31. The van der Waals surface area contributed by atoms with Gasteiger partial charge in [0.2, 0.25) is 5.89 Å². The first-order chi connectivity index (χ1) is 16.1. The molecule has 0 saturated heterocycles. The first kappa shape index (κ1) is 21.5. The van der Waals surface area contributed by atoms with E-state index in [4.69, 9.17) is 20.8 Å². The van der Waals surface area contributed by atoms with Crippen LogP contribution >= 0.6 is 11.6 Å². The Balaban J connectivity index is 1.19. The van der Waals surface area contributed by atoms with Crippen LogP contribution in [-0.4, -0.2) is 17.5 Å². The van der Waals surface area contributed by atoms with Gasteiger partial charge in [-0.15, -0.1) is 0 Å². The molecule has 0 bridgehead atoms. The van der Waals surface area contributed by atoms with Crippen LogP contribution in [0.15, 0.2) is 71.1 Å². The highest BCUT2D eigenvalue weighted by molar-refractivity contribution is 6.30. The number of rotatable bonds is 6. The van der Waals surface area contributed by atoms with E-state index in [2.05, 4.69) is 22.4 Å². The van der Waals surface area contributed by atoms with Gasteiger partial charge in [0.15, 0.2) is 12.2 Å². The first-order valence-corrected chi connectivity index (χ1v) is 11.7. The van der Waals surface area contributed by atoms with Gasteiger partial charge in [0.1, 0.15) is 11.3 Å². The highest BCUT2D eigenvalue weighted by Gasteiger charge is 2.15. The Morgan fingerprint density at radius 2 is 1.85 bits per heavy atom. The zero-order valence-electron chi connectivity index (χ0n) is 18.2. The van der Waals surface area contributed by atoms with Crippen molar-refractivity contribution in [2.45, 2.75) is 38.0 Å². The van der Waals surface area contributed by atoms with E-state index in [1.54, 1.807) is 30.3 Å². The zero-order chi connectivity index (χ0) is 22.6. The predicted octanol–water partition coefficient (Wildman–Crippen LogP) is 7.21. The summed E-state index contributed by atoms with van der Waals surface area (Å²) in [6, 6.07) is 20.8. The van der Waals surface area contributed by atoms with Crippen LogP contribution in [0.4, 0.5) is 5.69 Å². The van der Waals surface area contributed by atoms with Gasteiger partial charge in [-0.3, -0.25) is 4.79 Å². The number of amides is 1. The van der Waals surface area contributed by atoms with Crippen molar-refractivity contribution in [2.24, 2.45) is 0 Å². The largest absolute Gasteiger partial charge is 0.484 e. The standard InChI is InChI=1S/C27H25ClN2O3/c28-21-8-4-7-20(15-21)27-30-24-16-22(11-14-25(24)33-27)29-26(31)17-32-23-12-9-19(10-13-23)18-5-2-1-3-6-18/h4,7-16,18H,1-3,5-6,17H2,(H,29,31). The summed E-state index contributed by atoms with van der Waals surface area (Å²) in [6.45, 7) is -0.0621. The first-order valence-electron chi connectivity index (χ1n) is 11.3. The van der Waals surface area contributed by atoms with Crippen molar-refractivity contribution >= 4 is 34.3 Å². The number of carbonyl (C=O) groups excluding carboxylic acids is 1. The molecule has 6 heteroatoms. The van der Waals surface area contributed by atoms with Gasteiger partial charge in [-0.25, -0.2) is 4.98 Å². The van der Waals surface area contributed by atoms with E-state index in [0.29, 0.717) is 39.4 Å². The Morgan fingerprint density at radius 3 is 2.64 bits per heavy atom. The molecule has 4 aromatic rings. The fourth-order valence-electron chi connectivity index (χ4n) is 4.37. The molecule has 168 valence electrons. The molecule has 0 spiro atoms. The molecule has 0 atom stereocenters. The number of hydrogen-bond donors (Lipinski definition) is 1. The number of oxazole rings is 1. The molecule has 5 nitrogen and oxygen atoms in total. The van der Waals surface area contributed by atoms with Crippen LogP contribution in [0.2, 0.25) is 5.02 Å². The van der Waals surface area contributed by atoms with E-state index in [0.717, 1.165) is 5.56 Å². The van der Waals surface area contributed by atoms with Crippen molar-refractivity contribution in [1.29, 1.82) is 0 Å². The number of ether oxygens (including phenoxy) is 1. The van der Waals surface area contributed by atoms with Gasteiger partial charge in [-0.05, 0) is 72.9 Å². The quantitative estimate of drug-likeness (QED) is 0.330. The summed E-state index contributed by atoms with van der Waals surface area (Å²) in [7, 11) is 0. The molecule has 1 fully saturated rings. The summed E-state index contributed by atoms with van der Waals surface area (Å²) in [5.74, 6) is 1.60. The van der Waals surface area contributed by atoms with E-state index in [1.165, 1.54) is 37.7 Å². The molecule has 1 aliphatic rings. The maximum absolute atomic E-state index is 12.4. The molecule has 33 heavy (non-hydrogen) atoms. The fraction of sp³-hybridized carbons (Fsp3) is 0.259. The molecule has 1 heterocycles. The Bertz CT molecular complexity index is 1260. The van der Waals surface area contributed by atoms with E-state index >= 15 is 0 Å². The summed E-state index contributed by atoms with van der Waals surface area (Å²) < 4.78 is 11.5. The van der Waals surface area contributed by atoms with Gasteiger partial charge >= 0.3 is 0 Å². The van der Waals surface area contributed by atoms with Gasteiger partial charge in [0.25, 0.3) is 5.91 Å². The lowest BCUT2D eigenvalue weighted by molar-refractivity contribution is -0.118. The normalized spacial score (nSPS) is 14.3. The van der Waals surface area contributed by atoms with Crippen LogP contribution in [0, 0.1) is 0 Å². The van der Waals surface area contributed by atoms with Crippen LogP contribution < -0.4 is 10.1 Å². The maximum atomic E-state index is 12.4. The summed E-state index contributed by atoms with van der Waals surface area (Å²) >= 11 is 6.06. The lowest BCUT2D eigenvalue weighted by Gasteiger charge is -2.22. The molecular weight excluding hydrogens is 436 g/mol. The second-order valence-electron chi connectivity index (χ2n) is 8.45. The number of fused-ring (bicyclic) bond motifs is 1. The van der Waals surface area contributed by atoms with Crippen LogP contribution in [0.3, 0.4) is 0 Å². The SMILES string of the molecule is O=C(COc1ccc(C2CCCCC2)cc1)Nc1ccc2oc(-c3cccc(Cl)c3)nc2c1. The monoisotopic (exact) mass is 460 g/mol. The van der Waals surface area contributed by atoms with Gasteiger partial charge in [-0.1, -0.05) is 49.1 Å². The molecule has 3 aromatic carbocycles. The van der Waals surface area contributed by atoms with Gasteiger partial charge in [-0.2, -0.15) is 0 Å². The Morgan fingerprint density at radius 1 is 1.03 bits per heavy atom. The molecule has 1 N–H and O–H groups in total. The minimum absolute atomic E-state index is 0.0621. The number of halogens is 1. The van der Waals surface area contributed by atoms with E-state index < -0.39 is 0 Å². The number of nitrogens with one attached hydrogen (secondary N) is 1. The van der Waals surface area contributed by atoms with E-state index in [9.17, 15) is 4.79 Å². The highest BCUT2D eigenvalue weighted by Crippen LogP contribution is 2.33. The third kappa shape index (κ3) is 5.20. The Kier molecular flexibility index (Phi) is 6.31. The van der Waals surface area contributed by atoms with Crippen molar-refractivity contribution in [2.75, 3.05) is 11.9 Å². The average molecular weight is 461 g/mol. The summed E-state index contributed by atoms with van der Waals surface area (Å²) in [6.07, 6.45) is 6.49. The number of nitrogens with zero attached hydrogens (tertiary/aromatic N) is 1. The van der Waals surface area contributed by atoms with Crippen molar-refractivity contribution in [1.82, 2.24) is 4.98 Å². The molecule has 1 saturated carbocycles. The summed E-state index contributed by atoms with van der Waals surface area (Å²) in [5.41, 5.74) is 4.09. The lowest BCUT2D eigenvalue weighted by Crippen LogP contribution is -2.20. The third-order valence-electron chi connectivity index (χ3n) is 6.07. The van der Waals surface area contributed by atoms with Gasteiger partial charge in [0, 0.05) is 16.3 Å². The third-order valence-corrected chi connectivity index (χ3v) is 6.30. The smallest absolute Gasteiger partial charge is 0.262 e. The minimum Gasteiger partial charge on any atom is -0.484 e. The van der Waals surface area contributed by atoms with Crippen molar-refractivity contribution in [3.8, 4) is 17.2 Å². The van der Waals surface area contributed by atoms with Crippen molar-refractivity contribution in [3.05, 3.63) is 77.3 Å². The minimum atomic E-state index is -0.232. The highest BCUT2D eigenvalue weighted by atomic mass is 35.5. The number of benzene rings is 3. The lowest BCUT2D eigenvalue weighted by atomic mass is 9.84. The second-order valence-corrected chi connectivity index (χ2v) is 8.89. The van der Waals surface area contributed by atoms with Crippen molar-refractivity contribution in [3.63, 3.8) is 0 Å². The fourth-order valence-corrected chi connectivity index (χ4v) is 4.56. The molecule has 1 aromatic heterocycles. The van der Waals surface area contributed by atoms with Gasteiger partial charge in [0.05, 0.1) is 0 Å². The number of carbonyl (C=O) groups is 1. The molecular formula is C27H25ClN2O3. The topological polar surface area (TPSA) is 64.4 Å². The van der Waals surface area contributed by atoms with E-state index in [1.807, 2.05) is 24.3 Å². The van der Waals surface area contributed by atoms with Crippen LogP contribution in [0.25, 0.3) is 22.6 Å².